The highest BCUT2D eigenvalue weighted by Crippen LogP contribution is 2.27. The molecule has 0 saturated carbocycles. The van der Waals surface area contributed by atoms with Crippen LogP contribution in [0.3, 0.4) is 0 Å². The number of hydrogen-bond donors (Lipinski definition) is 3. The molecule has 1 amide bonds. The van der Waals surface area contributed by atoms with Crippen LogP contribution in [-0.4, -0.2) is 31.6 Å². The van der Waals surface area contributed by atoms with Crippen molar-refractivity contribution in [3.63, 3.8) is 0 Å². The molecule has 0 bridgehead atoms. The second-order valence-electron chi connectivity index (χ2n) is 6.64. The van der Waals surface area contributed by atoms with Crippen molar-refractivity contribution in [1.29, 1.82) is 0 Å². The Labute approximate surface area is 147 Å². The number of carbonyl (C=O) groups is 1. The van der Waals surface area contributed by atoms with Crippen LogP contribution in [0.4, 0.5) is 5.69 Å². The van der Waals surface area contributed by atoms with Crippen molar-refractivity contribution in [3.8, 4) is 5.75 Å². The molecular weight excluding hydrogens is 314 g/mol. The van der Waals surface area contributed by atoms with E-state index in [4.69, 9.17) is 4.74 Å². The number of nitrogens with one attached hydrogen (secondary N) is 3. The summed E-state index contributed by atoms with van der Waals surface area (Å²) in [5, 5.41) is 9.70. The number of anilines is 1. The number of fused-ring (bicyclic) bond motifs is 1. The maximum Gasteiger partial charge on any atom is 0.241 e. The smallest absolute Gasteiger partial charge is 0.241 e. The minimum Gasteiger partial charge on any atom is -0.492 e. The summed E-state index contributed by atoms with van der Waals surface area (Å²) in [6, 6.07) is 16.1. The lowest BCUT2D eigenvalue weighted by Crippen LogP contribution is -2.35. The normalized spacial score (nSPS) is 22.6. The van der Waals surface area contributed by atoms with Gasteiger partial charge in [-0.3, -0.25) is 4.79 Å². The molecule has 0 radical (unpaired) electrons. The molecule has 2 atom stereocenters. The van der Waals surface area contributed by atoms with E-state index in [-0.39, 0.29) is 11.9 Å². The van der Waals surface area contributed by atoms with Crippen LogP contribution in [0.25, 0.3) is 0 Å². The molecular formula is C20H23N3O2. The van der Waals surface area contributed by atoms with Gasteiger partial charge in [-0.1, -0.05) is 30.3 Å². The lowest BCUT2D eigenvalue weighted by atomic mass is 9.96. The Morgan fingerprint density at radius 1 is 1.16 bits per heavy atom. The van der Waals surface area contributed by atoms with Gasteiger partial charge in [0.15, 0.2) is 0 Å². The Bertz CT molecular complexity index is 748. The van der Waals surface area contributed by atoms with Crippen LogP contribution in [0.5, 0.6) is 5.75 Å². The monoisotopic (exact) mass is 337 g/mol. The van der Waals surface area contributed by atoms with Gasteiger partial charge < -0.3 is 20.7 Å². The third-order valence-corrected chi connectivity index (χ3v) is 4.90. The maximum atomic E-state index is 12.6. The summed E-state index contributed by atoms with van der Waals surface area (Å²) in [5.74, 6) is 1.31. The van der Waals surface area contributed by atoms with Crippen molar-refractivity contribution >= 4 is 11.6 Å². The Morgan fingerprint density at radius 3 is 2.92 bits per heavy atom. The zero-order chi connectivity index (χ0) is 17.1. The van der Waals surface area contributed by atoms with E-state index in [9.17, 15) is 4.79 Å². The van der Waals surface area contributed by atoms with Crippen LogP contribution in [-0.2, 0) is 11.3 Å². The molecule has 2 unspecified atom stereocenters. The highest BCUT2D eigenvalue weighted by molar-refractivity contribution is 5.95. The summed E-state index contributed by atoms with van der Waals surface area (Å²) in [7, 11) is 0. The molecule has 2 aliphatic heterocycles. The molecule has 25 heavy (non-hydrogen) atoms. The predicted octanol–water partition coefficient (Wildman–Crippen LogP) is 2.25. The summed E-state index contributed by atoms with van der Waals surface area (Å²) in [6.45, 7) is 3.11. The maximum absolute atomic E-state index is 12.6. The van der Waals surface area contributed by atoms with Gasteiger partial charge in [0, 0.05) is 30.9 Å². The predicted molar refractivity (Wildman–Crippen MR) is 97.9 cm³/mol. The van der Waals surface area contributed by atoms with E-state index in [0.29, 0.717) is 12.5 Å². The second kappa shape index (κ2) is 7.25. The first-order valence-electron chi connectivity index (χ1n) is 8.85. The summed E-state index contributed by atoms with van der Waals surface area (Å²) in [6.07, 6.45) is 0.825. The standard InChI is InChI=1S/C20H23N3O2/c24-20(18-11-15(13-22-18)14-4-2-1-3-5-14)23-17-6-7-19-16(10-17)12-21-8-9-25-19/h1-7,10,15,18,21-22H,8-9,11-13H2,(H,23,24). The van der Waals surface area contributed by atoms with E-state index in [2.05, 4.69) is 40.2 Å². The van der Waals surface area contributed by atoms with E-state index in [1.165, 1.54) is 5.56 Å². The average Bonchev–Trinajstić information content (AvgIpc) is 3.03. The molecule has 130 valence electrons. The van der Waals surface area contributed by atoms with Gasteiger partial charge in [0.05, 0.1) is 6.04 Å². The zero-order valence-corrected chi connectivity index (χ0v) is 14.1. The van der Waals surface area contributed by atoms with Crippen molar-refractivity contribution < 1.29 is 9.53 Å². The van der Waals surface area contributed by atoms with Crippen molar-refractivity contribution in [3.05, 3.63) is 59.7 Å². The van der Waals surface area contributed by atoms with E-state index >= 15 is 0 Å². The lowest BCUT2D eigenvalue weighted by molar-refractivity contribution is -0.117. The second-order valence-corrected chi connectivity index (χ2v) is 6.64. The van der Waals surface area contributed by atoms with Crippen LogP contribution < -0.4 is 20.7 Å². The first-order chi connectivity index (χ1) is 12.3. The molecule has 3 N–H and O–H groups in total. The van der Waals surface area contributed by atoms with Crippen molar-refractivity contribution in [2.45, 2.75) is 24.9 Å². The number of carbonyl (C=O) groups excluding carboxylic acids is 1. The van der Waals surface area contributed by atoms with Gasteiger partial charge in [-0.2, -0.15) is 0 Å². The summed E-state index contributed by atoms with van der Waals surface area (Å²) >= 11 is 0. The number of amides is 1. The van der Waals surface area contributed by atoms with Crippen LogP contribution in [0, 0.1) is 0 Å². The number of hydrogen-bond acceptors (Lipinski definition) is 4. The first kappa shape index (κ1) is 16.1. The molecule has 2 aromatic rings. The summed E-state index contributed by atoms with van der Waals surface area (Å²) in [4.78, 5) is 12.6. The molecule has 2 aromatic carbocycles. The Balaban J connectivity index is 1.40. The minimum atomic E-state index is -0.154. The number of ether oxygens (including phenoxy) is 1. The largest absolute Gasteiger partial charge is 0.492 e. The van der Waals surface area contributed by atoms with Gasteiger partial charge in [-0.15, -0.1) is 0 Å². The highest BCUT2D eigenvalue weighted by Gasteiger charge is 2.30. The summed E-state index contributed by atoms with van der Waals surface area (Å²) in [5.41, 5.74) is 3.19. The highest BCUT2D eigenvalue weighted by atomic mass is 16.5. The molecule has 5 heteroatoms. The molecule has 0 spiro atoms. The zero-order valence-electron chi connectivity index (χ0n) is 14.1. The molecule has 5 nitrogen and oxygen atoms in total. The molecule has 1 fully saturated rings. The molecule has 2 aliphatic rings. The quantitative estimate of drug-likeness (QED) is 0.804. The molecule has 1 saturated heterocycles. The van der Waals surface area contributed by atoms with Gasteiger partial charge in [0.1, 0.15) is 12.4 Å². The van der Waals surface area contributed by atoms with Gasteiger partial charge in [0.25, 0.3) is 0 Å². The van der Waals surface area contributed by atoms with E-state index in [0.717, 1.165) is 43.1 Å². The van der Waals surface area contributed by atoms with E-state index in [1.807, 2.05) is 24.3 Å². The van der Waals surface area contributed by atoms with Crippen LogP contribution in [0.2, 0.25) is 0 Å². The minimum absolute atomic E-state index is 0.0286. The van der Waals surface area contributed by atoms with E-state index in [1.54, 1.807) is 0 Å². The van der Waals surface area contributed by atoms with Gasteiger partial charge in [-0.05, 0) is 36.1 Å². The number of benzene rings is 2. The van der Waals surface area contributed by atoms with Crippen molar-refractivity contribution in [2.24, 2.45) is 0 Å². The third-order valence-electron chi connectivity index (χ3n) is 4.90. The third kappa shape index (κ3) is 3.67. The van der Waals surface area contributed by atoms with Crippen molar-refractivity contribution in [2.75, 3.05) is 25.0 Å². The number of rotatable bonds is 3. The van der Waals surface area contributed by atoms with Crippen LogP contribution in [0.1, 0.15) is 23.5 Å². The Hall–Kier alpha value is -2.37. The lowest BCUT2D eigenvalue weighted by Gasteiger charge is -2.14. The van der Waals surface area contributed by atoms with Gasteiger partial charge >= 0.3 is 0 Å². The van der Waals surface area contributed by atoms with E-state index < -0.39 is 0 Å². The average molecular weight is 337 g/mol. The molecule has 0 aromatic heterocycles. The fourth-order valence-corrected chi connectivity index (χ4v) is 3.54. The van der Waals surface area contributed by atoms with Crippen LogP contribution in [0.15, 0.2) is 48.5 Å². The Kier molecular flexibility index (Phi) is 4.68. The first-order valence-corrected chi connectivity index (χ1v) is 8.85. The fourth-order valence-electron chi connectivity index (χ4n) is 3.54. The van der Waals surface area contributed by atoms with Gasteiger partial charge in [0.2, 0.25) is 5.91 Å². The van der Waals surface area contributed by atoms with Crippen LogP contribution >= 0.6 is 0 Å². The fraction of sp³-hybridized carbons (Fsp3) is 0.350. The Morgan fingerprint density at radius 2 is 2.04 bits per heavy atom. The SMILES string of the molecule is O=C(Nc1ccc2c(c1)CNCCO2)C1CC(c2ccccc2)CN1. The molecule has 2 heterocycles. The topological polar surface area (TPSA) is 62.4 Å². The van der Waals surface area contributed by atoms with Crippen molar-refractivity contribution in [1.82, 2.24) is 10.6 Å². The summed E-state index contributed by atoms with van der Waals surface area (Å²) < 4.78 is 5.68. The molecule has 4 rings (SSSR count). The van der Waals surface area contributed by atoms with Gasteiger partial charge in [-0.25, -0.2) is 0 Å². The molecule has 0 aliphatic carbocycles.